The van der Waals surface area contributed by atoms with Crippen molar-refractivity contribution in [2.75, 3.05) is 7.11 Å². The average molecular weight is 468 g/mol. The van der Waals surface area contributed by atoms with Crippen LogP contribution in [-0.2, 0) is 22.4 Å². The van der Waals surface area contributed by atoms with Gasteiger partial charge in [-0.15, -0.1) is 21.5 Å². The van der Waals surface area contributed by atoms with Crippen LogP contribution in [0, 0.1) is 0 Å². The van der Waals surface area contributed by atoms with E-state index in [4.69, 9.17) is 4.74 Å². The molecular formula is C19H22BrN3O2S2. The lowest BCUT2D eigenvalue weighted by Crippen LogP contribution is -2.33. The van der Waals surface area contributed by atoms with Gasteiger partial charge in [-0.3, -0.25) is 9.36 Å². The molecule has 0 aliphatic heterocycles. The van der Waals surface area contributed by atoms with Crippen LogP contribution in [0.25, 0.3) is 5.00 Å². The summed E-state index contributed by atoms with van der Waals surface area (Å²) in [6, 6.07) is 0. The number of aromatic nitrogens is 3. The first kappa shape index (κ1) is 18.2. The molecule has 2 fully saturated rings. The number of halogens is 1. The average Bonchev–Trinajstić information content (AvgIpc) is 3.04. The van der Waals surface area contributed by atoms with Gasteiger partial charge in [-0.05, 0) is 77.9 Å². The summed E-state index contributed by atoms with van der Waals surface area (Å²) in [5.74, 6) is 0.629. The number of rotatable bonds is 5. The number of hydrogen-bond acceptors (Lipinski definition) is 6. The van der Waals surface area contributed by atoms with Crippen LogP contribution in [0.2, 0.25) is 0 Å². The van der Waals surface area contributed by atoms with Crippen molar-refractivity contribution in [3.05, 3.63) is 20.7 Å². The molecular weight excluding hydrogens is 446 g/mol. The molecule has 0 radical (unpaired) electrons. The highest BCUT2D eigenvalue weighted by molar-refractivity contribution is 9.10. The van der Waals surface area contributed by atoms with Crippen LogP contribution in [-0.4, -0.2) is 32.6 Å². The van der Waals surface area contributed by atoms with E-state index in [-0.39, 0.29) is 5.97 Å². The van der Waals surface area contributed by atoms with Gasteiger partial charge in [0.2, 0.25) is 4.73 Å². The van der Waals surface area contributed by atoms with E-state index in [9.17, 15) is 4.79 Å². The number of ether oxygens (including phenoxy) is 1. The summed E-state index contributed by atoms with van der Waals surface area (Å²) in [7, 11) is 1.48. The molecule has 0 atom stereocenters. The fourth-order valence-electron chi connectivity index (χ4n) is 4.48. The van der Waals surface area contributed by atoms with Gasteiger partial charge in [-0.1, -0.05) is 24.6 Å². The third-order valence-corrected chi connectivity index (χ3v) is 9.33. The number of hydrogen-bond donors (Lipinski definition) is 0. The fourth-order valence-corrected chi connectivity index (χ4v) is 8.13. The van der Waals surface area contributed by atoms with Crippen molar-refractivity contribution in [2.24, 2.45) is 0 Å². The second-order valence-electron chi connectivity index (χ2n) is 7.74. The van der Waals surface area contributed by atoms with Crippen LogP contribution in [0.3, 0.4) is 0 Å². The van der Waals surface area contributed by atoms with E-state index in [2.05, 4.69) is 30.7 Å². The number of thiophene rings is 1. The van der Waals surface area contributed by atoms with Crippen molar-refractivity contribution in [2.45, 2.75) is 73.6 Å². The smallest absolute Gasteiger partial charge is 0.322 e. The first-order chi connectivity index (χ1) is 13.1. The number of fused-ring (bicyclic) bond motifs is 1. The van der Waals surface area contributed by atoms with E-state index in [1.165, 1.54) is 43.4 Å². The predicted molar refractivity (Wildman–Crippen MR) is 110 cm³/mol. The van der Waals surface area contributed by atoms with Crippen molar-refractivity contribution in [3.8, 4) is 5.00 Å². The quantitative estimate of drug-likeness (QED) is 0.576. The third kappa shape index (κ3) is 2.99. The second-order valence-corrected chi connectivity index (χ2v) is 10.8. The van der Waals surface area contributed by atoms with Gasteiger partial charge in [0.05, 0.1) is 7.11 Å². The number of carbonyl (C=O) groups is 1. The Morgan fingerprint density at radius 3 is 2.67 bits per heavy atom. The van der Waals surface area contributed by atoms with E-state index in [0.29, 0.717) is 0 Å². The molecule has 5 nitrogen and oxygen atoms in total. The lowest BCUT2D eigenvalue weighted by Gasteiger charge is -2.24. The normalized spacial score (nSPS) is 20.8. The summed E-state index contributed by atoms with van der Waals surface area (Å²) in [6.45, 7) is 0. The zero-order chi connectivity index (χ0) is 18.6. The van der Waals surface area contributed by atoms with Gasteiger partial charge in [0.1, 0.15) is 9.75 Å². The molecule has 144 valence electrons. The minimum atomic E-state index is -0.529. The highest BCUT2D eigenvalue weighted by atomic mass is 79.9. The number of carbonyl (C=O) groups excluding carboxylic acids is 1. The molecule has 3 aliphatic rings. The Morgan fingerprint density at radius 1 is 1.22 bits per heavy atom. The third-order valence-electron chi connectivity index (χ3n) is 5.98. The Bertz CT molecular complexity index is 897. The summed E-state index contributed by atoms with van der Waals surface area (Å²) in [5.41, 5.74) is 3.06. The number of esters is 1. The molecule has 5 rings (SSSR count). The van der Waals surface area contributed by atoms with Crippen molar-refractivity contribution >= 4 is 45.0 Å². The van der Waals surface area contributed by atoms with Crippen LogP contribution in [0.5, 0.6) is 0 Å². The van der Waals surface area contributed by atoms with Crippen LogP contribution >= 0.6 is 39.0 Å². The summed E-state index contributed by atoms with van der Waals surface area (Å²) in [4.78, 5) is 14.2. The van der Waals surface area contributed by atoms with E-state index in [1.807, 2.05) is 11.3 Å². The highest BCUT2D eigenvalue weighted by Gasteiger charge is 2.45. The van der Waals surface area contributed by atoms with Gasteiger partial charge in [-0.2, -0.15) is 0 Å². The maximum atomic E-state index is 12.6. The highest BCUT2D eigenvalue weighted by Crippen LogP contribution is 2.52. The molecule has 0 unspecified atom stereocenters. The Morgan fingerprint density at radius 2 is 1.96 bits per heavy atom. The standard InChI is InChI=1S/C19H22BrN3O2S2/c1-25-16(24)19(9-2-3-10-19)27-18-22-21-17(20)23(18)15-13-6-4-5-12(13)14(26-15)11-7-8-11/h11H,2-10H2,1H3. The minimum absolute atomic E-state index is 0.134. The minimum Gasteiger partial charge on any atom is -0.468 e. The Balaban J connectivity index is 1.57. The largest absolute Gasteiger partial charge is 0.468 e. The molecule has 0 saturated heterocycles. The number of nitrogens with zero attached hydrogens (tertiary/aromatic N) is 3. The lowest BCUT2D eigenvalue weighted by molar-refractivity contribution is -0.143. The fraction of sp³-hybridized carbons (Fsp3) is 0.632. The van der Waals surface area contributed by atoms with Crippen molar-refractivity contribution in [3.63, 3.8) is 0 Å². The number of thioether (sulfide) groups is 1. The summed E-state index contributed by atoms with van der Waals surface area (Å²) in [5, 5.41) is 10.8. The van der Waals surface area contributed by atoms with E-state index in [1.54, 1.807) is 22.2 Å². The molecule has 0 bridgehead atoms. The Kier molecular flexibility index (Phi) is 4.64. The molecule has 0 spiro atoms. The van der Waals surface area contributed by atoms with E-state index >= 15 is 0 Å². The molecule has 2 aromatic rings. The number of methoxy groups -OCH3 is 1. The van der Waals surface area contributed by atoms with Gasteiger partial charge in [0.25, 0.3) is 0 Å². The molecule has 3 aliphatic carbocycles. The zero-order valence-corrected chi connectivity index (χ0v) is 18.5. The van der Waals surface area contributed by atoms with Crippen LogP contribution < -0.4 is 0 Å². The summed E-state index contributed by atoms with van der Waals surface area (Å²) < 4.78 is 7.48. The van der Waals surface area contributed by atoms with Gasteiger partial charge in [-0.25, -0.2) is 0 Å². The molecule has 8 heteroatoms. The molecule has 0 aromatic carbocycles. The van der Waals surface area contributed by atoms with E-state index < -0.39 is 4.75 Å². The van der Waals surface area contributed by atoms with Crippen LogP contribution in [0.4, 0.5) is 0 Å². The SMILES string of the molecule is COC(=O)C1(Sc2nnc(Br)n2-c2sc(C3CC3)c3c2CCC3)CCCC1. The van der Waals surface area contributed by atoms with Crippen molar-refractivity contribution < 1.29 is 9.53 Å². The topological polar surface area (TPSA) is 57.0 Å². The summed E-state index contributed by atoms with van der Waals surface area (Å²) in [6.07, 6.45) is 9.99. The first-order valence-electron chi connectivity index (χ1n) is 9.66. The maximum absolute atomic E-state index is 12.6. The predicted octanol–water partition coefficient (Wildman–Crippen LogP) is 5.04. The van der Waals surface area contributed by atoms with Crippen molar-refractivity contribution in [1.29, 1.82) is 0 Å². The van der Waals surface area contributed by atoms with Gasteiger partial charge < -0.3 is 4.74 Å². The molecule has 0 amide bonds. The van der Waals surface area contributed by atoms with Gasteiger partial charge in [0.15, 0.2) is 5.16 Å². The summed E-state index contributed by atoms with van der Waals surface area (Å²) >= 11 is 7.07. The van der Waals surface area contributed by atoms with E-state index in [0.717, 1.165) is 47.9 Å². The van der Waals surface area contributed by atoms with Gasteiger partial charge in [0, 0.05) is 4.88 Å². The van der Waals surface area contributed by atoms with Crippen LogP contribution in [0.1, 0.15) is 66.9 Å². The zero-order valence-electron chi connectivity index (χ0n) is 15.3. The van der Waals surface area contributed by atoms with Crippen LogP contribution in [0.15, 0.2) is 9.89 Å². The molecule has 27 heavy (non-hydrogen) atoms. The molecule has 2 aromatic heterocycles. The molecule has 0 N–H and O–H groups in total. The van der Waals surface area contributed by atoms with Gasteiger partial charge >= 0.3 is 5.97 Å². The first-order valence-corrected chi connectivity index (χ1v) is 12.1. The molecule has 2 saturated carbocycles. The monoisotopic (exact) mass is 467 g/mol. The Hall–Kier alpha value is -0.860. The molecule has 2 heterocycles. The van der Waals surface area contributed by atoms with Crippen molar-refractivity contribution in [1.82, 2.24) is 14.8 Å². The Labute approximate surface area is 175 Å². The maximum Gasteiger partial charge on any atom is 0.322 e. The second kappa shape index (κ2) is 6.88. The lowest BCUT2D eigenvalue weighted by atomic mass is 10.1.